The Hall–Kier alpha value is -0.820. The van der Waals surface area contributed by atoms with Gasteiger partial charge in [-0.1, -0.05) is 52.0 Å². The first-order chi connectivity index (χ1) is 6.52. The highest BCUT2D eigenvalue weighted by Crippen LogP contribution is 2.20. The first-order valence-electron chi connectivity index (χ1n) is 5.45. The molecule has 0 radical (unpaired) electrons. The van der Waals surface area contributed by atoms with E-state index in [1.807, 2.05) is 0 Å². The molecule has 1 nitrogen and oxygen atoms in total. The summed E-state index contributed by atoms with van der Waals surface area (Å²) in [5.74, 6) is 1.23. The fraction of sp³-hybridized carbons (Fsp3) is 0.538. The van der Waals surface area contributed by atoms with Gasteiger partial charge in [0.1, 0.15) is 6.04 Å². The van der Waals surface area contributed by atoms with Gasteiger partial charge < -0.3 is 5.73 Å². The molecule has 1 aromatic rings. The molecule has 0 aliphatic heterocycles. The van der Waals surface area contributed by atoms with Crippen LogP contribution in [0.5, 0.6) is 0 Å². The number of benzene rings is 1. The Morgan fingerprint density at radius 3 is 1.64 bits per heavy atom. The van der Waals surface area contributed by atoms with Crippen molar-refractivity contribution >= 4 is 0 Å². The summed E-state index contributed by atoms with van der Waals surface area (Å²) >= 11 is 0. The van der Waals surface area contributed by atoms with Gasteiger partial charge in [-0.05, 0) is 11.5 Å². The predicted molar refractivity (Wildman–Crippen MR) is 61.0 cm³/mol. The van der Waals surface area contributed by atoms with Crippen LogP contribution in [0.2, 0.25) is 0 Å². The summed E-state index contributed by atoms with van der Waals surface area (Å²) in [4.78, 5) is 0. The number of hydrogen-bond acceptors (Lipinski definition) is 0. The molecule has 0 bridgehead atoms. The third-order valence-electron chi connectivity index (χ3n) is 2.84. The second-order valence-electron chi connectivity index (χ2n) is 4.67. The van der Waals surface area contributed by atoms with Crippen LogP contribution in [0, 0.1) is 5.92 Å². The molecular weight excluding hydrogens is 170 g/mol. The fourth-order valence-corrected chi connectivity index (χ4v) is 1.51. The Morgan fingerprint density at radius 1 is 0.857 bits per heavy atom. The minimum absolute atomic E-state index is 0.413. The smallest absolute Gasteiger partial charge is 0.112 e. The lowest BCUT2D eigenvalue weighted by Crippen LogP contribution is -2.55. The molecule has 0 heterocycles. The first-order valence-corrected chi connectivity index (χ1v) is 5.45. The lowest BCUT2D eigenvalue weighted by Gasteiger charge is -2.13. The van der Waals surface area contributed by atoms with Gasteiger partial charge >= 0.3 is 0 Å². The van der Waals surface area contributed by atoms with Gasteiger partial charge in [0.05, 0.1) is 0 Å². The number of hydrogen-bond donors (Lipinski definition) is 1. The van der Waals surface area contributed by atoms with Crippen molar-refractivity contribution in [2.75, 3.05) is 0 Å². The Bertz CT molecular complexity index is 272. The molecule has 0 unspecified atom stereocenters. The zero-order valence-corrected chi connectivity index (χ0v) is 9.75. The van der Waals surface area contributed by atoms with E-state index in [1.165, 1.54) is 11.1 Å². The number of rotatable bonds is 3. The minimum atomic E-state index is 0.413. The SMILES string of the molecule is CC(C)c1ccc([C@H]([NH3+])C(C)C)cc1. The first kappa shape index (κ1) is 11.3. The lowest BCUT2D eigenvalue weighted by molar-refractivity contribution is -0.438. The third-order valence-corrected chi connectivity index (χ3v) is 2.84. The molecule has 14 heavy (non-hydrogen) atoms. The molecule has 0 aliphatic carbocycles. The Balaban J connectivity index is 2.83. The van der Waals surface area contributed by atoms with Crippen LogP contribution in [-0.4, -0.2) is 0 Å². The molecule has 1 rings (SSSR count). The van der Waals surface area contributed by atoms with Crippen LogP contribution in [0.15, 0.2) is 24.3 Å². The van der Waals surface area contributed by atoms with Crippen LogP contribution >= 0.6 is 0 Å². The van der Waals surface area contributed by atoms with E-state index in [1.54, 1.807) is 0 Å². The van der Waals surface area contributed by atoms with Crippen LogP contribution < -0.4 is 5.73 Å². The largest absolute Gasteiger partial charge is 0.351 e. The average molecular weight is 192 g/mol. The van der Waals surface area contributed by atoms with E-state index >= 15 is 0 Å². The van der Waals surface area contributed by atoms with E-state index in [2.05, 4.69) is 57.7 Å². The highest BCUT2D eigenvalue weighted by molar-refractivity contribution is 5.26. The molecule has 0 fully saturated rings. The van der Waals surface area contributed by atoms with Crippen molar-refractivity contribution in [1.82, 2.24) is 0 Å². The normalized spacial score (nSPS) is 13.6. The van der Waals surface area contributed by atoms with E-state index in [4.69, 9.17) is 0 Å². The van der Waals surface area contributed by atoms with Gasteiger partial charge in [-0.15, -0.1) is 0 Å². The van der Waals surface area contributed by atoms with Crippen molar-refractivity contribution in [1.29, 1.82) is 0 Å². The molecule has 0 spiro atoms. The van der Waals surface area contributed by atoms with E-state index in [0.717, 1.165) is 0 Å². The summed E-state index contributed by atoms with van der Waals surface area (Å²) in [5, 5.41) is 0. The molecule has 78 valence electrons. The monoisotopic (exact) mass is 192 g/mol. The maximum atomic E-state index is 4.18. The fourth-order valence-electron chi connectivity index (χ4n) is 1.51. The molecule has 0 amide bonds. The Labute approximate surface area is 87.3 Å². The molecule has 1 heteroatoms. The van der Waals surface area contributed by atoms with Gasteiger partial charge in [0.2, 0.25) is 0 Å². The molecular formula is C13H22N+. The lowest BCUT2D eigenvalue weighted by atomic mass is 9.94. The summed E-state index contributed by atoms with van der Waals surface area (Å²) in [7, 11) is 0. The van der Waals surface area contributed by atoms with E-state index in [0.29, 0.717) is 17.9 Å². The summed E-state index contributed by atoms with van der Waals surface area (Å²) in [5.41, 5.74) is 6.94. The van der Waals surface area contributed by atoms with Crippen LogP contribution in [0.25, 0.3) is 0 Å². The quantitative estimate of drug-likeness (QED) is 0.762. The topological polar surface area (TPSA) is 27.6 Å². The standard InChI is InChI=1S/C13H21N/c1-9(2)11-5-7-12(8-6-11)13(14)10(3)4/h5-10,13H,14H2,1-4H3/p+1/t13-/m1/s1. The van der Waals surface area contributed by atoms with Crippen LogP contribution in [0.4, 0.5) is 0 Å². The van der Waals surface area contributed by atoms with Crippen LogP contribution in [0.3, 0.4) is 0 Å². The van der Waals surface area contributed by atoms with Gasteiger partial charge in [0.15, 0.2) is 0 Å². The average Bonchev–Trinajstić information content (AvgIpc) is 2.16. The Morgan fingerprint density at radius 2 is 1.29 bits per heavy atom. The van der Waals surface area contributed by atoms with Gasteiger partial charge in [0, 0.05) is 11.5 Å². The summed E-state index contributed by atoms with van der Waals surface area (Å²) in [6.07, 6.45) is 0. The van der Waals surface area contributed by atoms with E-state index < -0.39 is 0 Å². The van der Waals surface area contributed by atoms with E-state index in [-0.39, 0.29) is 0 Å². The van der Waals surface area contributed by atoms with Crippen molar-refractivity contribution in [3.05, 3.63) is 35.4 Å². The summed E-state index contributed by atoms with van der Waals surface area (Å²) in [6, 6.07) is 9.29. The molecule has 0 aromatic heterocycles. The zero-order chi connectivity index (χ0) is 10.7. The second-order valence-corrected chi connectivity index (χ2v) is 4.67. The predicted octanol–water partition coefficient (Wildman–Crippen LogP) is 2.75. The van der Waals surface area contributed by atoms with Crippen molar-refractivity contribution < 1.29 is 5.73 Å². The minimum Gasteiger partial charge on any atom is -0.351 e. The Kier molecular flexibility index (Phi) is 3.70. The summed E-state index contributed by atoms with van der Waals surface area (Å²) < 4.78 is 0. The summed E-state index contributed by atoms with van der Waals surface area (Å²) in [6.45, 7) is 8.88. The highest BCUT2D eigenvalue weighted by atomic mass is 14.6. The van der Waals surface area contributed by atoms with Gasteiger partial charge in [-0.2, -0.15) is 0 Å². The molecule has 3 N–H and O–H groups in total. The molecule has 0 saturated carbocycles. The van der Waals surface area contributed by atoms with E-state index in [9.17, 15) is 0 Å². The maximum absolute atomic E-state index is 4.18. The zero-order valence-electron chi connectivity index (χ0n) is 9.75. The van der Waals surface area contributed by atoms with Gasteiger partial charge in [-0.25, -0.2) is 0 Å². The highest BCUT2D eigenvalue weighted by Gasteiger charge is 2.13. The van der Waals surface area contributed by atoms with Crippen LogP contribution in [-0.2, 0) is 0 Å². The molecule has 0 saturated heterocycles. The van der Waals surface area contributed by atoms with Crippen molar-refractivity contribution in [3.8, 4) is 0 Å². The van der Waals surface area contributed by atoms with Crippen LogP contribution in [0.1, 0.15) is 50.8 Å². The van der Waals surface area contributed by atoms with Crippen molar-refractivity contribution in [3.63, 3.8) is 0 Å². The third kappa shape index (κ3) is 2.58. The molecule has 1 atom stereocenters. The van der Waals surface area contributed by atoms with Crippen molar-refractivity contribution in [2.24, 2.45) is 5.92 Å². The van der Waals surface area contributed by atoms with Gasteiger partial charge in [0.25, 0.3) is 0 Å². The maximum Gasteiger partial charge on any atom is 0.112 e. The number of quaternary nitrogens is 1. The van der Waals surface area contributed by atoms with Crippen molar-refractivity contribution in [2.45, 2.75) is 39.7 Å². The van der Waals surface area contributed by atoms with Gasteiger partial charge in [-0.3, -0.25) is 0 Å². The molecule has 1 aromatic carbocycles. The second kappa shape index (κ2) is 4.61. The molecule has 0 aliphatic rings.